The molecule has 0 heterocycles. The molecule has 0 saturated carbocycles. The Morgan fingerprint density at radius 3 is 1.24 bits per heavy atom. The summed E-state index contributed by atoms with van der Waals surface area (Å²) in [6.07, 6.45) is 17.9. The number of unbranched alkanes of at least 4 members (excludes halogenated alkanes) is 10. The molecule has 0 spiro atoms. The number of rotatable bonds is 14. The molecule has 0 unspecified atom stereocenters. The summed E-state index contributed by atoms with van der Waals surface area (Å²) in [5, 5.41) is 3.35. The van der Waals surface area contributed by atoms with Gasteiger partial charge in [-0.15, -0.1) is 0 Å². The fourth-order valence-electron chi connectivity index (χ4n) is 2.44. The molecule has 0 aromatic carbocycles. The molecule has 0 amide bonds. The average Bonchev–Trinajstić information content (AvgIpc) is 2.35. The van der Waals surface area contributed by atoms with Crippen LogP contribution in [0.15, 0.2) is 0 Å². The Kier molecular flexibility index (Phi) is 17.2. The first kappa shape index (κ1) is 17.6. The Labute approximate surface area is 118 Å². The van der Waals surface area contributed by atoms with Gasteiger partial charge in [0.1, 0.15) is 0 Å². The molecule has 0 aliphatic heterocycles. The molecule has 0 aliphatic rings. The summed E-state index contributed by atoms with van der Waals surface area (Å²) in [5.74, 6) is 0. The second kappa shape index (κ2) is 16.6. The van der Waals surface area contributed by atoms with E-state index in [-0.39, 0.29) is 17.1 Å². The zero-order chi connectivity index (χ0) is 12.6. The fraction of sp³-hybridized carbons (Fsp3) is 1.00. The van der Waals surface area contributed by atoms with Crippen molar-refractivity contribution < 1.29 is 17.1 Å². The predicted molar refractivity (Wildman–Crippen MR) is 76.4 cm³/mol. The van der Waals surface area contributed by atoms with Gasteiger partial charge in [-0.05, 0) is 0 Å². The Morgan fingerprint density at radius 2 is 0.824 bits per heavy atom. The SMILES string of the molecule is CCCCCCC[CH2][Zn+2][CH2]CCCCCCC. The van der Waals surface area contributed by atoms with E-state index in [2.05, 4.69) is 13.8 Å². The molecule has 0 rings (SSSR count). The molecular formula is C16H34Zn+2. The van der Waals surface area contributed by atoms with Crippen LogP contribution in [0.4, 0.5) is 0 Å². The van der Waals surface area contributed by atoms with Crippen molar-refractivity contribution in [2.45, 2.75) is 101 Å². The quantitative estimate of drug-likeness (QED) is 0.249. The normalized spacial score (nSPS) is 11.2. The van der Waals surface area contributed by atoms with Crippen LogP contribution in [0.5, 0.6) is 0 Å². The first-order chi connectivity index (χ1) is 8.41. The molecule has 0 atom stereocenters. The number of hydrogen-bond donors (Lipinski definition) is 0. The van der Waals surface area contributed by atoms with Gasteiger partial charge >= 0.3 is 118 Å². The third-order valence-electron chi connectivity index (χ3n) is 3.71. The van der Waals surface area contributed by atoms with E-state index in [1.807, 2.05) is 0 Å². The summed E-state index contributed by atoms with van der Waals surface area (Å²) in [4.78, 5) is 0. The molecule has 0 aromatic rings. The number of hydrogen-bond acceptors (Lipinski definition) is 0. The van der Waals surface area contributed by atoms with Crippen molar-refractivity contribution in [1.82, 2.24) is 0 Å². The van der Waals surface area contributed by atoms with Gasteiger partial charge in [0, 0.05) is 0 Å². The van der Waals surface area contributed by atoms with Gasteiger partial charge in [-0.25, -0.2) is 0 Å². The Balaban J connectivity index is 2.85. The molecule has 0 saturated heterocycles. The molecule has 0 bridgehead atoms. The second-order valence-corrected chi connectivity index (χ2v) is 10.0. The van der Waals surface area contributed by atoms with E-state index in [0.717, 1.165) is 0 Å². The van der Waals surface area contributed by atoms with Gasteiger partial charge in [-0.3, -0.25) is 0 Å². The predicted octanol–water partition coefficient (Wildman–Crippen LogP) is 6.63. The van der Waals surface area contributed by atoms with E-state index in [1.165, 1.54) is 64.2 Å². The standard InChI is InChI=1S/2C8H17.Zn/c2*1-3-5-7-8-6-4-2;/h2*1,3-8H2,2H3;/q;;+2. The van der Waals surface area contributed by atoms with Crippen LogP contribution in [0.2, 0.25) is 10.0 Å². The van der Waals surface area contributed by atoms with E-state index >= 15 is 0 Å². The minimum atomic E-state index is -0.0720. The molecule has 98 valence electrons. The second-order valence-electron chi connectivity index (χ2n) is 5.60. The molecule has 0 N–H and O–H groups in total. The molecule has 0 nitrogen and oxygen atoms in total. The maximum absolute atomic E-state index is 2.30. The van der Waals surface area contributed by atoms with Crippen LogP contribution in [-0.2, 0) is 17.1 Å². The van der Waals surface area contributed by atoms with Crippen LogP contribution in [0.3, 0.4) is 0 Å². The summed E-state index contributed by atoms with van der Waals surface area (Å²) in [7, 11) is 0. The minimum absolute atomic E-state index is 0.0720. The zero-order valence-electron chi connectivity index (χ0n) is 12.6. The van der Waals surface area contributed by atoms with Crippen molar-refractivity contribution in [3.63, 3.8) is 0 Å². The topological polar surface area (TPSA) is 0 Å². The first-order valence-electron chi connectivity index (χ1n) is 8.41. The van der Waals surface area contributed by atoms with Crippen LogP contribution >= 0.6 is 0 Å². The van der Waals surface area contributed by atoms with Crippen LogP contribution in [0.1, 0.15) is 90.9 Å². The fourth-order valence-corrected chi connectivity index (χ4v) is 6.15. The Hall–Kier alpha value is 0.623. The summed E-state index contributed by atoms with van der Waals surface area (Å²) >= 11 is -0.0720. The van der Waals surface area contributed by atoms with Gasteiger partial charge in [-0.2, -0.15) is 0 Å². The van der Waals surface area contributed by atoms with E-state index in [0.29, 0.717) is 0 Å². The molecule has 1 heteroatoms. The van der Waals surface area contributed by atoms with Crippen molar-refractivity contribution in [2.24, 2.45) is 0 Å². The van der Waals surface area contributed by atoms with E-state index in [4.69, 9.17) is 0 Å². The molecule has 0 fully saturated rings. The van der Waals surface area contributed by atoms with Crippen molar-refractivity contribution in [1.29, 1.82) is 0 Å². The van der Waals surface area contributed by atoms with Gasteiger partial charge in [0.05, 0.1) is 0 Å². The monoisotopic (exact) mass is 290 g/mol. The summed E-state index contributed by atoms with van der Waals surface area (Å²) < 4.78 is 0. The van der Waals surface area contributed by atoms with E-state index in [1.54, 1.807) is 22.9 Å². The van der Waals surface area contributed by atoms with Crippen LogP contribution in [0, 0.1) is 0 Å². The summed E-state index contributed by atoms with van der Waals surface area (Å²) in [6, 6.07) is 0. The Bertz CT molecular complexity index is 109. The zero-order valence-corrected chi connectivity index (χ0v) is 15.6. The van der Waals surface area contributed by atoms with Crippen LogP contribution in [-0.4, -0.2) is 0 Å². The van der Waals surface area contributed by atoms with Crippen molar-refractivity contribution >= 4 is 0 Å². The maximum atomic E-state index is 2.30. The third-order valence-corrected chi connectivity index (χ3v) is 7.90. The third kappa shape index (κ3) is 16.6. The van der Waals surface area contributed by atoms with E-state index in [9.17, 15) is 0 Å². The van der Waals surface area contributed by atoms with Gasteiger partial charge in [-0.1, -0.05) is 0 Å². The van der Waals surface area contributed by atoms with Gasteiger partial charge in [0.25, 0.3) is 0 Å². The molecule has 0 aliphatic carbocycles. The van der Waals surface area contributed by atoms with E-state index < -0.39 is 0 Å². The Morgan fingerprint density at radius 1 is 0.471 bits per heavy atom. The molecule has 17 heavy (non-hydrogen) atoms. The summed E-state index contributed by atoms with van der Waals surface area (Å²) in [5.41, 5.74) is 0. The summed E-state index contributed by atoms with van der Waals surface area (Å²) in [6.45, 7) is 4.60. The van der Waals surface area contributed by atoms with Crippen LogP contribution < -0.4 is 0 Å². The average molecular weight is 292 g/mol. The van der Waals surface area contributed by atoms with Crippen LogP contribution in [0.25, 0.3) is 0 Å². The molecule has 0 aromatic heterocycles. The van der Waals surface area contributed by atoms with Gasteiger partial charge < -0.3 is 0 Å². The van der Waals surface area contributed by atoms with Gasteiger partial charge in [0.2, 0.25) is 0 Å². The van der Waals surface area contributed by atoms with Gasteiger partial charge in [0.15, 0.2) is 0 Å². The van der Waals surface area contributed by atoms with Crippen molar-refractivity contribution in [3.8, 4) is 0 Å². The molecule has 0 radical (unpaired) electrons. The van der Waals surface area contributed by atoms with Crippen molar-refractivity contribution in [3.05, 3.63) is 0 Å². The molecular weight excluding hydrogens is 258 g/mol. The first-order valence-corrected chi connectivity index (χ1v) is 12.6. The van der Waals surface area contributed by atoms with Crippen molar-refractivity contribution in [2.75, 3.05) is 0 Å².